The quantitative estimate of drug-likeness (QED) is 0.549. The number of nitrogens with zero attached hydrogens (tertiary/aromatic N) is 4. The Bertz CT molecular complexity index is 841. The van der Waals surface area contributed by atoms with E-state index in [4.69, 9.17) is 4.84 Å². The molecule has 0 spiro atoms. The van der Waals surface area contributed by atoms with E-state index in [0.717, 1.165) is 16.5 Å². The van der Waals surface area contributed by atoms with Crippen molar-refractivity contribution in [2.45, 2.75) is 13.5 Å². The average molecular weight is 298 g/mol. The summed E-state index contributed by atoms with van der Waals surface area (Å²) < 4.78 is 15.3. The van der Waals surface area contributed by atoms with Crippen LogP contribution >= 0.6 is 0 Å². The van der Waals surface area contributed by atoms with Crippen molar-refractivity contribution in [2.75, 3.05) is 0 Å². The normalized spacial score (nSPS) is 11.9. The number of aromatic nitrogens is 3. The van der Waals surface area contributed by atoms with Crippen LogP contribution in [0.2, 0.25) is 0 Å². The third kappa shape index (κ3) is 2.95. The van der Waals surface area contributed by atoms with Gasteiger partial charge < -0.3 is 4.84 Å². The molecule has 0 saturated carbocycles. The van der Waals surface area contributed by atoms with Crippen molar-refractivity contribution in [1.82, 2.24) is 14.8 Å². The third-order valence-electron chi connectivity index (χ3n) is 3.29. The van der Waals surface area contributed by atoms with Gasteiger partial charge in [-0.25, -0.2) is 4.39 Å². The van der Waals surface area contributed by atoms with Crippen molar-refractivity contribution in [3.8, 4) is 0 Å². The molecule has 22 heavy (non-hydrogen) atoms. The molecule has 3 rings (SSSR count). The summed E-state index contributed by atoms with van der Waals surface area (Å²) in [6.45, 7) is 1.99. The first-order chi connectivity index (χ1) is 10.6. The second-order valence-electron chi connectivity index (χ2n) is 4.99. The highest BCUT2D eigenvalue weighted by Crippen LogP contribution is 2.19. The van der Waals surface area contributed by atoms with Gasteiger partial charge in [-0.3, -0.25) is 9.67 Å². The number of hydrogen-bond donors (Lipinski definition) is 0. The smallest absolute Gasteiger partial charge is 0.144 e. The second-order valence-corrected chi connectivity index (χ2v) is 4.99. The number of pyridine rings is 1. The molecule has 2 aromatic heterocycles. The van der Waals surface area contributed by atoms with E-state index in [9.17, 15) is 4.39 Å². The lowest BCUT2D eigenvalue weighted by Crippen LogP contribution is -1.97. The molecule has 0 radical (unpaired) electrons. The molecule has 0 fully saturated rings. The van der Waals surface area contributed by atoms with E-state index in [2.05, 4.69) is 15.2 Å². The number of fused-ring (bicyclic) bond motifs is 1. The molecule has 0 amide bonds. The van der Waals surface area contributed by atoms with Crippen LogP contribution in [0, 0.1) is 5.82 Å². The summed E-state index contributed by atoms with van der Waals surface area (Å²) in [6.07, 6.45) is 5.23. The van der Waals surface area contributed by atoms with Crippen LogP contribution < -0.4 is 0 Å². The average Bonchev–Trinajstić information content (AvgIpc) is 2.93. The fourth-order valence-electron chi connectivity index (χ4n) is 2.20. The maximum Gasteiger partial charge on any atom is 0.144 e. The Hall–Kier alpha value is -2.76. The van der Waals surface area contributed by atoms with Crippen LogP contribution in [0.25, 0.3) is 10.9 Å². The van der Waals surface area contributed by atoms with Gasteiger partial charge in [0.25, 0.3) is 0 Å². The Kier molecular flexibility index (Phi) is 3.82. The van der Waals surface area contributed by atoms with Crippen LogP contribution in [0.5, 0.6) is 0 Å². The van der Waals surface area contributed by atoms with Gasteiger partial charge in [0.05, 0.1) is 17.4 Å². The van der Waals surface area contributed by atoms with Gasteiger partial charge in [0, 0.05) is 36.0 Å². The van der Waals surface area contributed by atoms with Crippen molar-refractivity contribution < 1.29 is 9.23 Å². The Morgan fingerprint density at radius 1 is 1.41 bits per heavy atom. The van der Waals surface area contributed by atoms with E-state index in [1.165, 1.54) is 12.1 Å². The fourth-order valence-corrected chi connectivity index (χ4v) is 2.20. The highest BCUT2D eigenvalue weighted by Gasteiger charge is 2.06. The van der Waals surface area contributed by atoms with Crippen molar-refractivity contribution in [3.63, 3.8) is 0 Å². The Morgan fingerprint density at radius 3 is 3.05 bits per heavy atom. The molecule has 112 valence electrons. The molecule has 1 aromatic carbocycles. The molecule has 0 saturated heterocycles. The summed E-state index contributed by atoms with van der Waals surface area (Å²) in [6, 6.07) is 6.47. The predicted molar refractivity (Wildman–Crippen MR) is 81.9 cm³/mol. The lowest BCUT2D eigenvalue weighted by atomic mass is 10.1. The van der Waals surface area contributed by atoms with Gasteiger partial charge in [0.2, 0.25) is 0 Å². The van der Waals surface area contributed by atoms with Crippen molar-refractivity contribution in [1.29, 1.82) is 0 Å². The van der Waals surface area contributed by atoms with Gasteiger partial charge in [0.1, 0.15) is 12.4 Å². The molecular weight excluding hydrogens is 283 g/mol. The van der Waals surface area contributed by atoms with Gasteiger partial charge in [0.15, 0.2) is 0 Å². The van der Waals surface area contributed by atoms with Gasteiger partial charge in [-0.15, -0.1) is 0 Å². The molecular formula is C16H15FN4O. The largest absolute Gasteiger partial charge is 0.391 e. The first-order valence-electron chi connectivity index (χ1n) is 6.82. The number of halogens is 1. The molecule has 0 atom stereocenters. The predicted octanol–water partition coefficient (Wildman–Crippen LogP) is 3.05. The summed E-state index contributed by atoms with van der Waals surface area (Å²) in [7, 11) is 1.84. The molecule has 0 aliphatic carbocycles. The van der Waals surface area contributed by atoms with Gasteiger partial charge in [-0.1, -0.05) is 11.2 Å². The summed E-state index contributed by atoms with van der Waals surface area (Å²) >= 11 is 0. The second kappa shape index (κ2) is 5.93. The fraction of sp³-hybridized carbons (Fsp3) is 0.188. The molecule has 0 N–H and O–H groups in total. The third-order valence-corrected chi connectivity index (χ3v) is 3.29. The Labute approximate surface area is 127 Å². The van der Waals surface area contributed by atoms with Crippen molar-refractivity contribution in [3.05, 3.63) is 59.8 Å². The monoisotopic (exact) mass is 298 g/mol. The summed E-state index contributed by atoms with van der Waals surface area (Å²) in [5.41, 5.74) is 2.97. The van der Waals surface area contributed by atoms with Crippen LogP contribution in [0.1, 0.15) is 18.1 Å². The lowest BCUT2D eigenvalue weighted by molar-refractivity contribution is 0.131. The zero-order valence-electron chi connectivity index (χ0n) is 12.3. The molecule has 0 aliphatic rings. The summed E-state index contributed by atoms with van der Waals surface area (Å²) in [5, 5.41) is 8.87. The lowest BCUT2D eigenvalue weighted by Gasteiger charge is -2.05. The number of hydrogen-bond acceptors (Lipinski definition) is 4. The standard InChI is InChI=1S/C16H15FN4O/c1-11(14-8-19-21(2)9-14)20-22-10-13-7-15(17)6-12-4-3-5-18-16(12)13/h3-9H,10H2,1-2H3. The van der Waals surface area contributed by atoms with Gasteiger partial charge in [-0.05, 0) is 25.1 Å². The van der Waals surface area contributed by atoms with Crippen molar-refractivity contribution >= 4 is 16.6 Å². The Balaban J connectivity index is 1.79. The van der Waals surface area contributed by atoms with E-state index in [1.54, 1.807) is 23.1 Å². The zero-order valence-corrected chi connectivity index (χ0v) is 12.3. The number of benzene rings is 1. The first kappa shape index (κ1) is 14.2. The van der Waals surface area contributed by atoms with Crippen LogP contribution in [0.15, 0.2) is 48.0 Å². The van der Waals surface area contributed by atoms with E-state index in [1.807, 2.05) is 26.2 Å². The minimum Gasteiger partial charge on any atom is -0.391 e. The number of aryl methyl sites for hydroxylation is 1. The van der Waals surface area contributed by atoms with Crippen LogP contribution in [0.4, 0.5) is 4.39 Å². The molecule has 5 nitrogen and oxygen atoms in total. The molecule has 2 heterocycles. The van der Waals surface area contributed by atoms with Crippen LogP contribution in [-0.4, -0.2) is 20.5 Å². The maximum absolute atomic E-state index is 13.6. The molecule has 0 aliphatic heterocycles. The van der Waals surface area contributed by atoms with E-state index in [0.29, 0.717) is 11.3 Å². The minimum atomic E-state index is -0.313. The molecule has 0 unspecified atom stereocenters. The van der Waals surface area contributed by atoms with E-state index < -0.39 is 0 Å². The van der Waals surface area contributed by atoms with Gasteiger partial charge >= 0.3 is 0 Å². The van der Waals surface area contributed by atoms with Crippen molar-refractivity contribution in [2.24, 2.45) is 12.2 Å². The Morgan fingerprint density at radius 2 is 2.27 bits per heavy atom. The maximum atomic E-state index is 13.6. The molecule has 3 aromatic rings. The zero-order chi connectivity index (χ0) is 15.5. The minimum absolute atomic E-state index is 0.156. The van der Waals surface area contributed by atoms with Crippen LogP contribution in [-0.2, 0) is 18.5 Å². The van der Waals surface area contributed by atoms with Crippen LogP contribution in [0.3, 0.4) is 0 Å². The molecule has 6 heteroatoms. The van der Waals surface area contributed by atoms with E-state index >= 15 is 0 Å². The number of rotatable bonds is 4. The topological polar surface area (TPSA) is 52.3 Å². The highest BCUT2D eigenvalue weighted by molar-refractivity contribution is 5.97. The molecule has 0 bridgehead atoms. The SMILES string of the molecule is CC(=NOCc1cc(F)cc2cccnc12)c1cnn(C)c1. The summed E-state index contributed by atoms with van der Waals surface area (Å²) in [4.78, 5) is 9.63. The highest BCUT2D eigenvalue weighted by atomic mass is 19.1. The van der Waals surface area contributed by atoms with Gasteiger partial charge in [-0.2, -0.15) is 5.10 Å². The van der Waals surface area contributed by atoms with E-state index in [-0.39, 0.29) is 12.4 Å². The summed E-state index contributed by atoms with van der Waals surface area (Å²) in [5.74, 6) is -0.313. The first-order valence-corrected chi connectivity index (χ1v) is 6.82. The number of oxime groups is 1.